The van der Waals surface area contributed by atoms with Gasteiger partial charge in [-0.15, -0.1) is 0 Å². The summed E-state index contributed by atoms with van der Waals surface area (Å²) in [6.45, 7) is 3.16. The second-order valence-electron chi connectivity index (χ2n) is 9.10. The van der Waals surface area contributed by atoms with Gasteiger partial charge in [-0.2, -0.15) is 0 Å². The number of para-hydroxylation sites is 1. The highest BCUT2D eigenvalue weighted by atomic mass is 32.1. The second-order valence-corrected chi connectivity index (χ2v) is 9.47. The fourth-order valence-electron chi connectivity index (χ4n) is 4.58. The summed E-state index contributed by atoms with van der Waals surface area (Å²) in [4.78, 5) is 29.5. The summed E-state index contributed by atoms with van der Waals surface area (Å²) in [5.41, 5.74) is 2.07. The molecule has 0 saturated carbocycles. The smallest absolute Gasteiger partial charge is 0.256 e. The van der Waals surface area contributed by atoms with Crippen molar-refractivity contribution in [3.63, 3.8) is 0 Å². The number of carbonyl (C=O) groups excluding carboxylic acids is 2. The molecule has 0 radical (unpaired) electrons. The van der Waals surface area contributed by atoms with Crippen LogP contribution in [0.15, 0.2) is 60.2 Å². The van der Waals surface area contributed by atoms with E-state index in [0.717, 1.165) is 37.9 Å². The first-order chi connectivity index (χ1) is 17.5. The molecule has 1 aliphatic heterocycles. The van der Waals surface area contributed by atoms with Crippen molar-refractivity contribution in [1.29, 1.82) is 0 Å². The summed E-state index contributed by atoms with van der Waals surface area (Å²) in [6.07, 6.45) is 8.29. The number of allylic oxidation sites excluding steroid dienone is 1. The minimum Gasteiger partial charge on any atom is -0.494 e. The molecule has 8 heteroatoms. The first-order valence-corrected chi connectivity index (χ1v) is 13.0. The van der Waals surface area contributed by atoms with Gasteiger partial charge in [-0.05, 0) is 87.1 Å². The Kier molecular flexibility index (Phi) is 8.70. The van der Waals surface area contributed by atoms with E-state index < -0.39 is 11.9 Å². The molecule has 2 aromatic rings. The predicted octanol–water partition coefficient (Wildman–Crippen LogP) is 5.84. The Morgan fingerprint density at radius 1 is 1.17 bits per heavy atom. The lowest BCUT2D eigenvalue weighted by Gasteiger charge is -2.25. The fourth-order valence-corrected chi connectivity index (χ4v) is 4.99. The number of thiocarbonyl (C=S) groups is 1. The summed E-state index contributed by atoms with van der Waals surface area (Å²) in [5, 5.41) is 3.09. The molecule has 36 heavy (non-hydrogen) atoms. The topological polar surface area (TPSA) is 61.9 Å². The van der Waals surface area contributed by atoms with Gasteiger partial charge in [0.2, 0.25) is 5.91 Å². The quantitative estimate of drug-likeness (QED) is 0.322. The van der Waals surface area contributed by atoms with Gasteiger partial charge in [0, 0.05) is 12.2 Å². The van der Waals surface area contributed by atoms with Crippen LogP contribution in [-0.4, -0.2) is 41.0 Å². The molecule has 190 valence electrons. The first kappa shape index (κ1) is 25.8. The van der Waals surface area contributed by atoms with Gasteiger partial charge in [-0.1, -0.05) is 30.7 Å². The maximum Gasteiger partial charge on any atom is 0.256 e. The largest absolute Gasteiger partial charge is 0.494 e. The molecule has 2 amide bonds. The average Bonchev–Trinajstić information content (AvgIpc) is 3.11. The van der Waals surface area contributed by atoms with Crippen LogP contribution in [-0.2, 0) is 9.59 Å². The highest BCUT2D eigenvalue weighted by Crippen LogP contribution is 2.31. The van der Waals surface area contributed by atoms with Gasteiger partial charge >= 0.3 is 0 Å². The molecule has 1 fully saturated rings. The number of halogens is 1. The summed E-state index contributed by atoms with van der Waals surface area (Å²) >= 11 is 5.66. The van der Waals surface area contributed by atoms with E-state index in [1.54, 1.807) is 41.3 Å². The number of benzene rings is 2. The van der Waals surface area contributed by atoms with E-state index in [4.69, 9.17) is 17.0 Å². The molecule has 0 spiro atoms. The van der Waals surface area contributed by atoms with Crippen molar-refractivity contribution < 1.29 is 18.7 Å². The van der Waals surface area contributed by atoms with Crippen molar-refractivity contribution in [3.05, 3.63) is 66.0 Å². The highest BCUT2D eigenvalue weighted by molar-refractivity contribution is 7.80. The molecule has 2 aliphatic rings. The number of hydrogen-bond acceptors (Lipinski definition) is 4. The molecule has 1 N–H and O–H groups in total. The first-order valence-electron chi connectivity index (χ1n) is 12.6. The van der Waals surface area contributed by atoms with E-state index in [9.17, 15) is 14.0 Å². The van der Waals surface area contributed by atoms with E-state index in [1.807, 2.05) is 6.92 Å². The second kappa shape index (κ2) is 12.1. The zero-order valence-electron chi connectivity index (χ0n) is 20.5. The van der Waals surface area contributed by atoms with Crippen molar-refractivity contribution in [2.75, 3.05) is 23.4 Å². The number of hydrogen-bond donors (Lipinski definition) is 1. The average molecular weight is 510 g/mol. The summed E-state index contributed by atoms with van der Waals surface area (Å²) in [5.74, 6) is -0.495. The number of nitrogens with zero attached hydrogens (tertiary/aromatic N) is 2. The summed E-state index contributed by atoms with van der Waals surface area (Å²) in [7, 11) is 0. The number of ether oxygens (including phenoxy) is 1. The van der Waals surface area contributed by atoms with E-state index in [0.29, 0.717) is 18.8 Å². The lowest BCUT2D eigenvalue weighted by Crippen LogP contribution is -2.38. The Labute approximate surface area is 217 Å². The molecule has 1 aliphatic carbocycles. The van der Waals surface area contributed by atoms with Gasteiger partial charge < -0.3 is 15.0 Å². The standard InChI is InChI=1S/C28H32FN3O3S/c1-2-18-35-22-14-12-21(13-15-22)30-26(33)19-25-27(34)32(24-11-7-6-10-23(24)29)28(36)31(25)17-16-20-8-4-3-5-9-20/h6-8,10-15,25H,2-5,9,16-19H2,1H3,(H,30,33)/t25-/m1/s1. The van der Waals surface area contributed by atoms with E-state index in [2.05, 4.69) is 11.4 Å². The Morgan fingerprint density at radius 3 is 2.64 bits per heavy atom. The van der Waals surface area contributed by atoms with Gasteiger partial charge in [0.05, 0.1) is 18.7 Å². The highest BCUT2D eigenvalue weighted by Gasteiger charge is 2.44. The Hall–Kier alpha value is -3.26. The molecule has 1 heterocycles. The van der Waals surface area contributed by atoms with Crippen molar-refractivity contribution in [3.8, 4) is 5.75 Å². The van der Waals surface area contributed by atoms with Crippen LogP contribution in [0.25, 0.3) is 0 Å². The molecule has 1 saturated heterocycles. The van der Waals surface area contributed by atoms with Crippen LogP contribution in [0.3, 0.4) is 0 Å². The van der Waals surface area contributed by atoms with E-state index in [-0.39, 0.29) is 29.0 Å². The fraction of sp³-hybridized carbons (Fsp3) is 0.393. The van der Waals surface area contributed by atoms with Gasteiger partial charge in [-0.3, -0.25) is 14.5 Å². The van der Waals surface area contributed by atoms with Crippen LogP contribution >= 0.6 is 12.2 Å². The van der Waals surface area contributed by atoms with Gasteiger partial charge in [0.25, 0.3) is 5.91 Å². The van der Waals surface area contributed by atoms with Crippen LogP contribution in [0.1, 0.15) is 51.9 Å². The zero-order chi connectivity index (χ0) is 25.5. The van der Waals surface area contributed by atoms with Crippen LogP contribution in [0, 0.1) is 5.82 Å². The van der Waals surface area contributed by atoms with Crippen LogP contribution in [0.4, 0.5) is 15.8 Å². The van der Waals surface area contributed by atoms with Crippen molar-refractivity contribution in [2.24, 2.45) is 0 Å². The SMILES string of the molecule is CCCOc1ccc(NC(=O)C[C@@H]2C(=O)N(c3ccccc3F)C(=S)N2CCC2=CCCCC2)cc1. The minimum atomic E-state index is -0.798. The molecule has 1 atom stereocenters. The Morgan fingerprint density at radius 2 is 1.94 bits per heavy atom. The maximum absolute atomic E-state index is 14.6. The minimum absolute atomic E-state index is 0.0863. The molecular weight excluding hydrogens is 477 g/mol. The number of carbonyl (C=O) groups is 2. The van der Waals surface area contributed by atoms with Crippen molar-refractivity contribution in [1.82, 2.24) is 4.90 Å². The third kappa shape index (κ3) is 6.10. The molecular formula is C28H32FN3O3S. The molecule has 0 aromatic heterocycles. The monoisotopic (exact) mass is 509 g/mol. The summed E-state index contributed by atoms with van der Waals surface area (Å²) < 4.78 is 20.2. The van der Waals surface area contributed by atoms with Crippen molar-refractivity contribution >= 4 is 40.5 Å². The summed E-state index contributed by atoms with van der Waals surface area (Å²) in [6, 6.07) is 12.4. The van der Waals surface area contributed by atoms with Gasteiger partial charge in [0.1, 0.15) is 17.6 Å². The molecule has 2 aromatic carbocycles. The van der Waals surface area contributed by atoms with Gasteiger partial charge in [0.15, 0.2) is 5.11 Å². The van der Waals surface area contributed by atoms with Crippen LogP contribution in [0.2, 0.25) is 0 Å². The normalized spacial score (nSPS) is 17.8. The molecule has 6 nitrogen and oxygen atoms in total. The zero-order valence-corrected chi connectivity index (χ0v) is 21.4. The Balaban J connectivity index is 1.49. The number of amides is 2. The lowest BCUT2D eigenvalue weighted by molar-refractivity contribution is -0.124. The number of nitrogens with one attached hydrogen (secondary N) is 1. The molecule has 0 unspecified atom stereocenters. The van der Waals surface area contributed by atoms with Crippen LogP contribution in [0.5, 0.6) is 5.75 Å². The number of anilines is 2. The maximum atomic E-state index is 14.6. The third-order valence-corrected chi connectivity index (χ3v) is 6.88. The molecule has 0 bridgehead atoms. The van der Waals surface area contributed by atoms with E-state index in [1.165, 1.54) is 29.0 Å². The van der Waals surface area contributed by atoms with Gasteiger partial charge in [-0.25, -0.2) is 4.39 Å². The third-order valence-electron chi connectivity index (χ3n) is 6.46. The predicted molar refractivity (Wildman–Crippen MR) is 144 cm³/mol. The molecule has 4 rings (SSSR count). The van der Waals surface area contributed by atoms with Crippen molar-refractivity contribution in [2.45, 2.75) is 57.9 Å². The Bertz CT molecular complexity index is 1140. The van der Waals surface area contributed by atoms with Crippen LogP contribution < -0.4 is 15.0 Å². The lowest BCUT2D eigenvalue weighted by atomic mass is 9.97. The van der Waals surface area contributed by atoms with E-state index >= 15 is 0 Å². The number of rotatable bonds is 10.